The fourth-order valence-electron chi connectivity index (χ4n) is 4.02. The summed E-state index contributed by atoms with van der Waals surface area (Å²) < 4.78 is 0. The predicted octanol–water partition coefficient (Wildman–Crippen LogP) is 9.09. The topological polar surface area (TPSA) is 12.4 Å². The molecule has 0 N–H and O–H groups in total. The molecular weight excluding hydrogens is 410 g/mol. The van der Waals surface area contributed by atoms with Crippen molar-refractivity contribution in [2.24, 2.45) is 4.99 Å². The predicted molar refractivity (Wildman–Crippen MR) is 149 cm³/mol. The molecule has 0 bridgehead atoms. The van der Waals surface area contributed by atoms with E-state index in [2.05, 4.69) is 116 Å². The van der Waals surface area contributed by atoms with Crippen LogP contribution in [-0.2, 0) is 0 Å². The third-order valence-electron chi connectivity index (χ3n) is 5.97. The second-order valence-corrected chi connectivity index (χ2v) is 8.20. The number of rotatable bonds is 7. The Balaban J connectivity index is 1.57. The molecule has 4 aromatic carbocycles. The van der Waals surface area contributed by atoms with Crippen molar-refractivity contribution in [2.75, 3.05) is 0 Å². The number of aliphatic imine (C=N–C) groups is 1. The van der Waals surface area contributed by atoms with Gasteiger partial charge in [-0.25, -0.2) is 0 Å². The van der Waals surface area contributed by atoms with Gasteiger partial charge in [0.1, 0.15) is 0 Å². The van der Waals surface area contributed by atoms with E-state index >= 15 is 0 Å². The number of allylic oxidation sites excluding steroid dienone is 3. The van der Waals surface area contributed by atoms with Crippen LogP contribution in [0.2, 0.25) is 0 Å². The summed E-state index contributed by atoms with van der Waals surface area (Å²) in [5.74, 6) is 0. The molecule has 166 valence electrons. The third kappa shape index (κ3) is 5.22. The first-order valence-corrected chi connectivity index (χ1v) is 11.5. The lowest BCUT2D eigenvalue weighted by Crippen LogP contribution is -1.96. The van der Waals surface area contributed by atoms with E-state index in [-0.39, 0.29) is 0 Å². The lowest BCUT2D eigenvalue weighted by atomic mass is 9.97. The van der Waals surface area contributed by atoms with Crippen molar-refractivity contribution in [1.29, 1.82) is 0 Å². The second-order valence-electron chi connectivity index (χ2n) is 8.20. The molecule has 0 radical (unpaired) electrons. The van der Waals surface area contributed by atoms with Crippen molar-refractivity contribution in [3.05, 3.63) is 145 Å². The highest BCUT2D eigenvalue weighted by atomic mass is 14.7. The zero-order valence-corrected chi connectivity index (χ0v) is 19.8. The molecule has 0 spiro atoms. The molecule has 1 nitrogen and oxygen atoms in total. The van der Waals surface area contributed by atoms with Crippen LogP contribution in [0.1, 0.15) is 30.5 Å². The summed E-state index contributed by atoms with van der Waals surface area (Å²) in [7, 11) is 0. The Morgan fingerprint density at radius 3 is 1.82 bits per heavy atom. The average Bonchev–Trinajstić information content (AvgIpc) is 2.90. The van der Waals surface area contributed by atoms with Gasteiger partial charge < -0.3 is 0 Å². The van der Waals surface area contributed by atoms with Crippen LogP contribution in [0.5, 0.6) is 0 Å². The molecule has 34 heavy (non-hydrogen) atoms. The summed E-state index contributed by atoms with van der Waals surface area (Å²) in [4.78, 5) is 4.83. The summed E-state index contributed by atoms with van der Waals surface area (Å²) in [6.07, 6.45) is 3.97. The van der Waals surface area contributed by atoms with Crippen LogP contribution < -0.4 is 0 Å². The van der Waals surface area contributed by atoms with Crippen LogP contribution in [0.25, 0.3) is 33.5 Å². The van der Waals surface area contributed by atoms with Gasteiger partial charge in [0.2, 0.25) is 0 Å². The summed E-state index contributed by atoms with van der Waals surface area (Å²) in [5, 5.41) is 0. The van der Waals surface area contributed by atoms with Crippen molar-refractivity contribution in [3.63, 3.8) is 0 Å². The monoisotopic (exact) mass is 439 g/mol. The van der Waals surface area contributed by atoms with E-state index in [0.717, 1.165) is 39.2 Å². The van der Waals surface area contributed by atoms with Crippen molar-refractivity contribution in [1.82, 2.24) is 0 Å². The molecule has 0 aliphatic rings. The lowest BCUT2D eigenvalue weighted by Gasteiger charge is -2.09. The van der Waals surface area contributed by atoms with Crippen molar-refractivity contribution >= 4 is 17.0 Å². The van der Waals surface area contributed by atoms with Crippen LogP contribution in [0.3, 0.4) is 0 Å². The molecule has 0 atom stereocenters. The number of hydrogen-bond acceptors (Lipinski definition) is 1. The third-order valence-corrected chi connectivity index (χ3v) is 5.97. The van der Waals surface area contributed by atoms with Crippen molar-refractivity contribution in [2.45, 2.75) is 13.8 Å². The largest absolute Gasteiger partial charge is 0.253 e. The Bertz CT molecular complexity index is 1370. The molecular formula is C33H29N. The van der Waals surface area contributed by atoms with Gasteiger partial charge in [-0.05, 0) is 70.5 Å². The van der Waals surface area contributed by atoms with Crippen LogP contribution in [0, 0.1) is 0 Å². The summed E-state index contributed by atoms with van der Waals surface area (Å²) in [6.45, 7) is 12.2. The lowest BCUT2D eigenvalue weighted by molar-refractivity contribution is 1.47. The number of nitrogens with zero attached hydrogens (tertiary/aromatic N) is 1. The van der Waals surface area contributed by atoms with Crippen LogP contribution in [0.4, 0.5) is 0 Å². The van der Waals surface area contributed by atoms with Gasteiger partial charge in [0.25, 0.3) is 0 Å². The Morgan fingerprint density at radius 1 is 0.647 bits per heavy atom. The van der Waals surface area contributed by atoms with E-state index in [9.17, 15) is 0 Å². The van der Waals surface area contributed by atoms with Crippen LogP contribution in [0.15, 0.2) is 133 Å². The fourth-order valence-corrected chi connectivity index (χ4v) is 4.02. The standard InChI is InChI=1S/C33H29N/c1-5-26(6-2)31-15-11-17-33(23-31)32-16-10-14-30(22-32)25(4)34-24(3)27-18-20-29(21-19-27)28-12-8-7-9-13-28/h5-23H,1,3H2,2,4H3/b26-6+,34-25?. The van der Waals surface area contributed by atoms with E-state index in [1.54, 1.807) is 0 Å². The molecule has 0 heterocycles. The Kier molecular flexibility index (Phi) is 7.15. The molecule has 0 unspecified atom stereocenters. The van der Waals surface area contributed by atoms with Gasteiger partial charge in [-0.15, -0.1) is 0 Å². The SMILES string of the molecule is C=C/C(=C\C)c1cccc(-c2cccc(C(C)=NC(=C)c3ccc(-c4ccccc4)cc3)c2)c1. The molecule has 4 rings (SSSR count). The Labute approximate surface area is 203 Å². The van der Waals surface area contributed by atoms with Gasteiger partial charge >= 0.3 is 0 Å². The fraction of sp³-hybridized carbons (Fsp3) is 0.0606. The van der Waals surface area contributed by atoms with E-state index in [0.29, 0.717) is 0 Å². The second kappa shape index (κ2) is 10.6. The molecule has 4 aromatic rings. The molecule has 0 saturated heterocycles. The zero-order chi connectivity index (χ0) is 23.9. The molecule has 0 aliphatic carbocycles. The maximum absolute atomic E-state index is 4.83. The van der Waals surface area contributed by atoms with Gasteiger partial charge in [0.15, 0.2) is 0 Å². The quantitative estimate of drug-likeness (QED) is 0.201. The van der Waals surface area contributed by atoms with Gasteiger partial charge in [0, 0.05) is 5.71 Å². The smallest absolute Gasteiger partial charge is 0.0633 e. The minimum atomic E-state index is 0.758. The summed E-state index contributed by atoms with van der Waals surface area (Å²) >= 11 is 0. The van der Waals surface area contributed by atoms with Gasteiger partial charge in [0.05, 0.1) is 5.70 Å². The number of hydrogen-bond donors (Lipinski definition) is 0. The van der Waals surface area contributed by atoms with E-state index < -0.39 is 0 Å². The van der Waals surface area contributed by atoms with Crippen molar-refractivity contribution < 1.29 is 0 Å². The molecule has 1 heteroatoms. The molecule has 0 aromatic heterocycles. The van der Waals surface area contributed by atoms with Gasteiger partial charge in [-0.1, -0.05) is 116 Å². The average molecular weight is 440 g/mol. The molecule has 0 fully saturated rings. The number of benzene rings is 4. The van der Waals surface area contributed by atoms with Gasteiger partial charge in [-0.3, -0.25) is 4.99 Å². The molecule has 0 saturated carbocycles. The maximum atomic E-state index is 4.83. The maximum Gasteiger partial charge on any atom is 0.0633 e. The van der Waals surface area contributed by atoms with Gasteiger partial charge in [-0.2, -0.15) is 0 Å². The Hall–Kier alpha value is -4.23. The Morgan fingerprint density at radius 2 is 1.21 bits per heavy atom. The summed E-state index contributed by atoms with van der Waals surface area (Å²) in [5.41, 5.74) is 10.8. The first-order valence-electron chi connectivity index (χ1n) is 11.5. The molecule has 0 aliphatic heterocycles. The first kappa shape index (κ1) is 22.9. The van der Waals surface area contributed by atoms with Crippen molar-refractivity contribution in [3.8, 4) is 22.3 Å². The van der Waals surface area contributed by atoms with E-state index in [1.807, 2.05) is 26.0 Å². The molecule has 0 amide bonds. The highest BCUT2D eigenvalue weighted by Crippen LogP contribution is 2.26. The van der Waals surface area contributed by atoms with E-state index in [1.165, 1.54) is 16.7 Å². The highest BCUT2D eigenvalue weighted by Gasteiger charge is 2.06. The first-order chi connectivity index (χ1) is 16.6. The van der Waals surface area contributed by atoms with Crippen LogP contribution >= 0.6 is 0 Å². The summed E-state index contributed by atoms with van der Waals surface area (Å²) in [6, 6.07) is 35.8. The van der Waals surface area contributed by atoms with E-state index in [4.69, 9.17) is 4.99 Å². The normalized spacial score (nSPS) is 11.8. The highest BCUT2D eigenvalue weighted by molar-refractivity contribution is 6.02. The minimum Gasteiger partial charge on any atom is -0.253 e. The van der Waals surface area contributed by atoms with Crippen LogP contribution in [-0.4, -0.2) is 5.71 Å². The zero-order valence-electron chi connectivity index (χ0n) is 19.8. The minimum absolute atomic E-state index is 0.758.